The Labute approximate surface area is 145 Å². The van der Waals surface area contributed by atoms with E-state index in [0.717, 1.165) is 27.8 Å². The maximum absolute atomic E-state index is 13.2. The van der Waals surface area contributed by atoms with Gasteiger partial charge in [0.05, 0.1) is 0 Å². The fourth-order valence-electron chi connectivity index (χ4n) is 3.21. The number of carbonyl (C=O) groups excluding carboxylic acids is 1. The average molecular weight is 318 g/mol. The number of fused-ring (bicyclic) bond motifs is 2. The Morgan fingerprint density at radius 3 is 1.38 bits per heavy atom. The molecule has 0 fully saturated rings. The van der Waals surface area contributed by atoms with E-state index in [2.05, 4.69) is 84.5 Å². The molecule has 0 unspecified atom stereocenters. The van der Waals surface area contributed by atoms with Crippen molar-refractivity contribution in [1.82, 2.24) is 0 Å². The van der Waals surface area contributed by atoms with E-state index in [0.29, 0.717) is 0 Å². The summed E-state index contributed by atoms with van der Waals surface area (Å²) in [7, 11) is 0. The highest BCUT2D eigenvalue weighted by Gasteiger charge is 2.29. The molecule has 2 aromatic carbocycles. The number of hydrogen-bond donors (Lipinski definition) is 0. The Bertz CT molecular complexity index is 785. The molecule has 0 N–H and O–H groups in total. The van der Waals surface area contributed by atoms with Crippen molar-refractivity contribution >= 4 is 11.4 Å². The highest BCUT2D eigenvalue weighted by atomic mass is 16.1. The van der Waals surface area contributed by atoms with Crippen LogP contribution in [0.25, 0.3) is 5.57 Å². The van der Waals surface area contributed by atoms with Crippen molar-refractivity contribution in [3.63, 3.8) is 0 Å². The average Bonchev–Trinajstić information content (AvgIpc) is 2.49. The SMILES string of the molecule is C=C1c2ccc(C(C)(C)C)cc2C(=O)c2cc(C(C)(C)C)ccc21. The highest BCUT2D eigenvalue weighted by Crippen LogP contribution is 2.38. The van der Waals surface area contributed by atoms with Crippen LogP contribution in [0.3, 0.4) is 0 Å². The molecule has 1 aliphatic carbocycles. The Hall–Kier alpha value is -2.15. The molecule has 0 atom stereocenters. The first kappa shape index (κ1) is 16.7. The Morgan fingerprint density at radius 2 is 1.04 bits per heavy atom. The molecule has 0 heterocycles. The Balaban J connectivity index is 2.20. The van der Waals surface area contributed by atoms with Crippen LogP contribution in [-0.4, -0.2) is 5.78 Å². The molecule has 0 saturated heterocycles. The number of rotatable bonds is 0. The topological polar surface area (TPSA) is 17.1 Å². The van der Waals surface area contributed by atoms with Crippen molar-refractivity contribution in [2.24, 2.45) is 0 Å². The third kappa shape index (κ3) is 2.62. The summed E-state index contributed by atoms with van der Waals surface area (Å²) >= 11 is 0. The van der Waals surface area contributed by atoms with Crippen molar-refractivity contribution in [2.75, 3.05) is 0 Å². The standard InChI is InChI=1S/C23H26O/c1-14-17-10-8-15(22(2,3)4)12-19(17)21(24)20-13-16(23(5,6)7)9-11-18(14)20/h8-13H,1H2,2-7H3. The van der Waals surface area contributed by atoms with Gasteiger partial charge in [-0.25, -0.2) is 0 Å². The van der Waals surface area contributed by atoms with Gasteiger partial charge in [-0.1, -0.05) is 72.4 Å². The van der Waals surface area contributed by atoms with E-state index in [1.807, 2.05) is 0 Å². The van der Waals surface area contributed by atoms with Crippen molar-refractivity contribution < 1.29 is 4.79 Å². The molecule has 1 heteroatoms. The van der Waals surface area contributed by atoms with Gasteiger partial charge in [-0.3, -0.25) is 4.79 Å². The molecule has 0 amide bonds. The zero-order valence-electron chi connectivity index (χ0n) is 15.6. The molecule has 1 nitrogen and oxygen atoms in total. The van der Waals surface area contributed by atoms with Crippen LogP contribution in [0, 0.1) is 0 Å². The first-order valence-electron chi connectivity index (χ1n) is 8.53. The largest absolute Gasteiger partial charge is 0.289 e. The predicted octanol–water partition coefficient (Wildman–Crippen LogP) is 5.89. The van der Waals surface area contributed by atoms with Crippen LogP contribution >= 0.6 is 0 Å². The maximum atomic E-state index is 13.2. The highest BCUT2D eigenvalue weighted by molar-refractivity contribution is 6.18. The van der Waals surface area contributed by atoms with Gasteiger partial charge in [0.25, 0.3) is 0 Å². The number of benzene rings is 2. The minimum atomic E-state index is 0.0180. The van der Waals surface area contributed by atoms with Gasteiger partial charge >= 0.3 is 0 Å². The number of carbonyl (C=O) groups is 1. The van der Waals surface area contributed by atoms with Gasteiger partial charge in [-0.15, -0.1) is 0 Å². The lowest BCUT2D eigenvalue weighted by Crippen LogP contribution is -2.19. The lowest BCUT2D eigenvalue weighted by Gasteiger charge is -2.27. The normalized spacial score (nSPS) is 14.4. The smallest absolute Gasteiger partial charge is 0.194 e. The summed E-state index contributed by atoms with van der Waals surface area (Å²) in [5.41, 5.74) is 6.83. The summed E-state index contributed by atoms with van der Waals surface area (Å²) in [4.78, 5) is 13.2. The second-order valence-corrected chi connectivity index (χ2v) is 8.83. The Morgan fingerprint density at radius 1 is 0.667 bits per heavy atom. The van der Waals surface area contributed by atoms with E-state index in [1.54, 1.807) is 0 Å². The van der Waals surface area contributed by atoms with Gasteiger partial charge < -0.3 is 0 Å². The zero-order valence-corrected chi connectivity index (χ0v) is 15.6. The van der Waals surface area contributed by atoms with E-state index in [4.69, 9.17) is 0 Å². The molecule has 0 saturated carbocycles. The van der Waals surface area contributed by atoms with Crippen molar-refractivity contribution in [2.45, 2.75) is 52.4 Å². The first-order chi connectivity index (χ1) is 11.0. The molecule has 0 aliphatic heterocycles. The second kappa shape index (κ2) is 5.17. The van der Waals surface area contributed by atoms with Gasteiger partial charge in [0.15, 0.2) is 5.78 Å². The second-order valence-electron chi connectivity index (χ2n) is 8.83. The van der Waals surface area contributed by atoms with Gasteiger partial charge in [0, 0.05) is 11.1 Å². The minimum absolute atomic E-state index is 0.0180. The fourth-order valence-corrected chi connectivity index (χ4v) is 3.21. The van der Waals surface area contributed by atoms with Gasteiger partial charge in [-0.05, 0) is 50.8 Å². The van der Waals surface area contributed by atoms with Crippen LogP contribution in [0.15, 0.2) is 43.0 Å². The van der Waals surface area contributed by atoms with Crippen LogP contribution in [0.4, 0.5) is 0 Å². The van der Waals surface area contributed by atoms with Crippen LogP contribution in [0.1, 0.15) is 79.7 Å². The third-order valence-corrected chi connectivity index (χ3v) is 4.91. The van der Waals surface area contributed by atoms with E-state index in [9.17, 15) is 4.79 Å². The molecule has 24 heavy (non-hydrogen) atoms. The minimum Gasteiger partial charge on any atom is -0.289 e. The summed E-state index contributed by atoms with van der Waals surface area (Å²) in [6.07, 6.45) is 0. The Kier molecular flexibility index (Phi) is 3.60. The summed E-state index contributed by atoms with van der Waals surface area (Å²) in [6, 6.07) is 12.4. The van der Waals surface area contributed by atoms with Crippen molar-refractivity contribution in [3.8, 4) is 0 Å². The molecule has 2 aromatic rings. The van der Waals surface area contributed by atoms with Gasteiger partial charge in [0.2, 0.25) is 0 Å². The molecule has 0 bridgehead atoms. The molecule has 3 rings (SSSR count). The molecular weight excluding hydrogens is 292 g/mol. The van der Waals surface area contributed by atoms with E-state index in [-0.39, 0.29) is 16.6 Å². The number of ketones is 1. The molecule has 0 radical (unpaired) electrons. The van der Waals surface area contributed by atoms with Crippen LogP contribution in [0.5, 0.6) is 0 Å². The van der Waals surface area contributed by atoms with Crippen molar-refractivity contribution in [1.29, 1.82) is 0 Å². The van der Waals surface area contributed by atoms with E-state index in [1.165, 1.54) is 11.1 Å². The molecular formula is C23H26O. The van der Waals surface area contributed by atoms with Crippen LogP contribution in [-0.2, 0) is 10.8 Å². The predicted molar refractivity (Wildman–Crippen MR) is 102 cm³/mol. The van der Waals surface area contributed by atoms with E-state index >= 15 is 0 Å². The quantitative estimate of drug-likeness (QED) is 0.505. The summed E-state index contributed by atoms with van der Waals surface area (Å²) in [5, 5.41) is 0. The third-order valence-electron chi connectivity index (χ3n) is 4.91. The van der Waals surface area contributed by atoms with E-state index < -0.39 is 0 Å². The first-order valence-corrected chi connectivity index (χ1v) is 8.53. The maximum Gasteiger partial charge on any atom is 0.194 e. The summed E-state index contributed by atoms with van der Waals surface area (Å²) in [5.74, 6) is 0.115. The van der Waals surface area contributed by atoms with Gasteiger partial charge in [0.1, 0.15) is 0 Å². The molecule has 0 aromatic heterocycles. The molecule has 0 spiro atoms. The number of hydrogen-bond acceptors (Lipinski definition) is 1. The lowest BCUT2D eigenvalue weighted by atomic mass is 9.76. The van der Waals surface area contributed by atoms with Crippen LogP contribution in [0.2, 0.25) is 0 Å². The zero-order chi connectivity index (χ0) is 17.9. The van der Waals surface area contributed by atoms with Gasteiger partial charge in [-0.2, -0.15) is 0 Å². The fraction of sp³-hybridized carbons (Fsp3) is 0.348. The molecule has 124 valence electrons. The molecule has 1 aliphatic rings. The van der Waals surface area contributed by atoms with Crippen LogP contribution < -0.4 is 0 Å². The monoisotopic (exact) mass is 318 g/mol. The van der Waals surface area contributed by atoms with Crippen molar-refractivity contribution in [3.05, 3.63) is 76.4 Å². The summed E-state index contributed by atoms with van der Waals surface area (Å²) < 4.78 is 0. The summed E-state index contributed by atoms with van der Waals surface area (Å²) in [6.45, 7) is 17.3. The lowest BCUT2D eigenvalue weighted by molar-refractivity contribution is 0.103.